The molecule has 0 spiro atoms. The second kappa shape index (κ2) is 9.80. The number of hydrogen-bond acceptors (Lipinski definition) is 4. The SMILES string of the molecule is CCOc1ccc2nc(N(CC[NH+](CC)CC)C(=O)c3cccc(F)c3)sc2c1. The molecule has 3 aromatic rings. The Morgan fingerprint density at radius 3 is 2.66 bits per heavy atom. The van der Waals surface area contributed by atoms with Gasteiger partial charge in [0, 0.05) is 5.56 Å². The number of aromatic nitrogens is 1. The minimum absolute atomic E-state index is 0.236. The van der Waals surface area contributed by atoms with E-state index >= 15 is 0 Å². The van der Waals surface area contributed by atoms with Gasteiger partial charge in [0.05, 0.1) is 43.0 Å². The molecule has 1 heterocycles. The first-order chi connectivity index (χ1) is 14.0. The Morgan fingerprint density at radius 2 is 1.97 bits per heavy atom. The summed E-state index contributed by atoms with van der Waals surface area (Å²) in [7, 11) is 0. The molecule has 0 radical (unpaired) electrons. The lowest BCUT2D eigenvalue weighted by atomic mass is 10.2. The number of thiazole rings is 1. The summed E-state index contributed by atoms with van der Waals surface area (Å²) >= 11 is 1.45. The van der Waals surface area contributed by atoms with Gasteiger partial charge in [0.1, 0.15) is 11.6 Å². The highest BCUT2D eigenvalue weighted by Crippen LogP contribution is 2.32. The number of nitrogens with zero attached hydrogens (tertiary/aromatic N) is 2. The van der Waals surface area contributed by atoms with E-state index in [2.05, 4.69) is 18.8 Å². The second-order valence-electron chi connectivity index (χ2n) is 6.73. The zero-order valence-corrected chi connectivity index (χ0v) is 17.9. The van der Waals surface area contributed by atoms with Crippen molar-refractivity contribution in [2.24, 2.45) is 0 Å². The van der Waals surface area contributed by atoms with E-state index in [0.29, 0.717) is 23.8 Å². The summed E-state index contributed by atoms with van der Waals surface area (Å²) in [5.41, 5.74) is 1.15. The first-order valence-corrected chi connectivity index (χ1v) is 10.8. The fourth-order valence-corrected chi connectivity index (χ4v) is 4.22. The quantitative estimate of drug-likeness (QED) is 0.582. The van der Waals surface area contributed by atoms with Gasteiger partial charge in [-0.3, -0.25) is 9.69 Å². The maximum Gasteiger partial charge on any atom is 0.260 e. The van der Waals surface area contributed by atoms with Crippen LogP contribution in [-0.4, -0.2) is 43.7 Å². The Morgan fingerprint density at radius 1 is 1.17 bits per heavy atom. The molecule has 0 unspecified atom stereocenters. The van der Waals surface area contributed by atoms with Crippen molar-refractivity contribution in [3.8, 4) is 5.75 Å². The summed E-state index contributed by atoms with van der Waals surface area (Å²) in [5, 5.41) is 0.620. The molecule has 3 rings (SSSR count). The highest BCUT2D eigenvalue weighted by molar-refractivity contribution is 7.22. The molecule has 0 aliphatic carbocycles. The number of anilines is 1. The van der Waals surface area contributed by atoms with Crippen LogP contribution >= 0.6 is 11.3 Å². The predicted molar refractivity (Wildman–Crippen MR) is 116 cm³/mol. The van der Waals surface area contributed by atoms with Gasteiger partial charge in [0.25, 0.3) is 5.91 Å². The van der Waals surface area contributed by atoms with Gasteiger partial charge in [-0.05, 0) is 57.2 Å². The molecule has 0 saturated heterocycles. The van der Waals surface area contributed by atoms with Gasteiger partial charge in [-0.1, -0.05) is 17.4 Å². The van der Waals surface area contributed by atoms with Gasteiger partial charge >= 0.3 is 0 Å². The van der Waals surface area contributed by atoms with Crippen molar-refractivity contribution in [1.29, 1.82) is 0 Å². The lowest BCUT2D eigenvalue weighted by Crippen LogP contribution is -3.12. The number of quaternary nitrogens is 1. The van der Waals surface area contributed by atoms with Crippen LogP contribution in [0.2, 0.25) is 0 Å². The fourth-order valence-electron chi connectivity index (χ4n) is 3.20. The number of ether oxygens (including phenoxy) is 1. The zero-order chi connectivity index (χ0) is 20.8. The minimum Gasteiger partial charge on any atom is -0.494 e. The Labute approximate surface area is 174 Å². The summed E-state index contributed by atoms with van der Waals surface area (Å²) in [4.78, 5) is 21.0. The molecular formula is C22H27FN3O2S+. The maximum atomic E-state index is 13.7. The number of rotatable bonds is 9. The molecular weight excluding hydrogens is 389 g/mol. The molecule has 154 valence electrons. The molecule has 1 N–H and O–H groups in total. The van der Waals surface area contributed by atoms with Crippen LogP contribution in [0, 0.1) is 5.82 Å². The summed E-state index contributed by atoms with van der Waals surface area (Å²) < 4.78 is 20.2. The molecule has 0 atom stereocenters. The van der Waals surface area contributed by atoms with Crippen LogP contribution < -0.4 is 14.5 Å². The monoisotopic (exact) mass is 416 g/mol. The van der Waals surface area contributed by atoms with E-state index in [4.69, 9.17) is 4.74 Å². The molecule has 0 aliphatic heterocycles. The highest BCUT2D eigenvalue weighted by atomic mass is 32.1. The van der Waals surface area contributed by atoms with Gasteiger partial charge in [-0.15, -0.1) is 0 Å². The third-order valence-corrected chi connectivity index (χ3v) is 5.94. The predicted octanol–water partition coefficient (Wildman–Crippen LogP) is 3.41. The number of halogens is 1. The van der Waals surface area contributed by atoms with E-state index in [1.807, 2.05) is 25.1 Å². The van der Waals surface area contributed by atoms with Crippen molar-refractivity contribution in [2.75, 3.05) is 37.7 Å². The highest BCUT2D eigenvalue weighted by Gasteiger charge is 2.23. The van der Waals surface area contributed by atoms with Crippen molar-refractivity contribution >= 4 is 32.6 Å². The van der Waals surface area contributed by atoms with Crippen LogP contribution in [0.5, 0.6) is 5.75 Å². The molecule has 0 aliphatic rings. The number of fused-ring (bicyclic) bond motifs is 1. The fraction of sp³-hybridized carbons (Fsp3) is 0.364. The molecule has 7 heteroatoms. The van der Waals surface area contributed by atoms with E-state index in [-0.39, 0.29) is 5.91 Å². The third-order valence-electron chi connectivity index (χ3n) is 4.90. The van der Waals surface area contributed by atoms with Crippen molar-refractivity contribution in [2.45, 2.75) is 20.8 Å². The number of hydrogen-bond donors (Lipinski definition) is 1. The van der Waals surface area contributed by atoms with Crippen molar-refractivity contribution in [3.63, 3.8) is 0 Å². The summed E-state index contributed by atoms with van der Waals surface area (Å²) in [6, 6.07) is 11.6. The molecule has 0 fully saturated rings. The molecule has 1 amide bonds. The van der Waals surface area contributed by atoms with Crippen LogP contribution in [0.3, 0.4) is 0 Å². The Hall–Kier alpha value is -2.51. The molecule has 0 saturated carbocycles. The van der Waals surface area contributed by atoms with Gasteiger partial charge in [-0.25, -0.2) is 9.37 Å². The molecule has 5 nitrogen and oxygen atoms in total. The van der Waals surface area contributed by atoms with Crippen LogP contribution in [0.15, 0.2) is 42.5 Å². The summed E-state index contributed by atoms with van der Waals surface area (Å²) in [6.45, 7) is 10.1. The lowest BCUT2D eigenvalue weighted by molar-refractivity contribution is -0.894. The van der Waals surface area contributed by atoms with Crippen molar-refractivity contribution < 1.29 is 18.8 Å². The number of carbonyl (C=O) groups is 1. The maximum absolute atomic E-state index is 13.7. The van der Waals surface area contributed by atoms with E-state index in [1.165, 1.54) is 28.4 Å². The topological polar surface area (TPSA) is 46.9 Å². The number of likely N-dealkylation sites (N-methyl/N-ethyl adjacent to an activating group) is 1. The standard InChI is InChI=1S/C22H26FN3O2S/c1-4-25(5-2)12-13-26(21(27)16-8-7-9-17(23)14-16)22-24-19-11-10-18(28-6-3)15-20(19)29-22/h7-11,14-15H,4-6,12-13H2,1-3H3/p+1. The zero-order valence-electron chi connectivity index (χ0n) is 17.1. The van der Waals surface area contributed by atoms with Crippen molar-refractivity contribution in [1.82, 2.24) is 4.98 Å². The average molecular weight is 417 g/mol. The Kier molecular flexibility index (Phi) is 7.17. The van der Waals surface area contributed by atoms with Gasteiger partial charge in [0.15, 0.2) is 5.13 Å². The first-order valence-electron chi connectivity index (χ1n) is 10.00. The van der Waals surface area contributed by atoms with Crippen LogP contribution in [-0.2, 0) is 0 Å². The van der Waals surface area contributed by atoms with Gasteiger partial charge in [-0.2, -0.15) is 0 Å². The van der Waals surface area contributed by atoms with Gasteiger partial charge in [0.2, 0.25) is 0 Å². The van der Waals surface area contributed by atoms with E-state index < -0.39 is 5.82 Å². The summed E-state index contributed by atoms with van der Waals surface area (Å²) in [5.74, 6) is 0.127. The molecule has 0 bridgehead atoms. The molecule has 1 aromatic heterocycles. The van der Waals surface area contributed by atoms with E-state index in [0.717, 1.165) is 35.6 Å². The van der Waals surface area contributed by atoms with Crippen LogP contribution in [0.1, 0.15) is 31.1 Å². The van der Waals surface area contributed by atoms with Crippen molar-refractivity contribution in [3.05, 3.63) is 53.8 Å². The van der Waals surface area contributed by atoms with Crippen LogP contribution in [0.25, 0.3) is 10.2 Å². The summed E-state index contributed by atoms with van der Waals surface area (Å²) in [6.07, 6.45) is 0. The normalized spacial score (nSPS) is 11.2. The Balaban J connectivity index is 1.95. The number of benzene rings is 2. The lowest BCUT2D eigenvalue weighted by Gasteiger charge is -2.23. The van der Waals surface area contributed by atoms with E-state index in [1.54, 1.807) is 17.0 Å². The third kappa shape index (κ3) is 5.10. The smallest absolute Gasteiger partial charge is 0.260 e. The molecule has 29 heavy (non-hydrogen) atoms. The second-order valence-corrected chi connectivity index (χ2v) is 7.74. The van der Waals surface area contributed by atoms with Crippen LogP contribution in [0.4, 0.5) is 9.52 Å². The molecule has 2 aromatic carbocycles. The number of nitrogens with one attached hydrogen (secondary N) is 1. The van der Waals surface area contributed by atoms with Gasteiger partial charge < -0.3 is 9.64 Å². The minimum atomic E-state index is -0.421. The Bertz CT molecular complexity index is 972. The first kappa shape index (κ1) is 21.2. The van der Waals surface area contributed by atoms with E-state index in [9.17, 15) is 9.18 Å². The number of amides is 1. The number of carbonyl (C=O) groups excluding carboxylic acids is 1. The average Bonchev–Trinajstić information content (AvgIpc) is 3.14. The largest absolute Gasteiger partial charge is 0.494 e.